The molecule has 2 fully saturated rings. The summed E-state index contributed by atoms with van der Waals surface area (Å²) in [4.78, 5) is 37.6. The number of hydrogen-bond donors (Lipinski definition) is 1. The number of amides is 4. The van der Waals surface area contributed by atoms with Crippen molar-refractivity contribution in [3.63, 3.8) is 0 Å². The van der Waals surface area contributed by atoms with E-state index in [9.17, 15) is 14.4 Å². The van der Waals surface area contributed by atoms with E-state index in [0.717, 1.165) is 0 Å². The van der Waals surface area contributed by atoms with Crippen molar-refractivity contribution in [2.24, 2.45) is 22.7 Å². The molecule has 1 saturated heterocycles. The number of nitrogens with one attached hydrogen (secondary N) is 1. The Morgan fingerprint density at radius 1 is 1.05 bits per heavy atom. The summed E-state index contributed by atoms with van der Waals surface area (Å²) in [7, 11) is 0. The smallest absolute Gasteiger partial charge is 0.277 e. The van der Waals surface area contributed by atoms with E-state index in [-0.39, 0.29) is 28.7 Å². The van der Waals surface area contributed by atoms with Crippen LogP contribution in [0.25, 0.3) is 0 Å². The van der Waals surface area contributed by atoms with Crippen molar-refractivity contribution in [1.29, 1.82) is 0 Å². The van der Waals surface area contributed by atoms with Crippen LogP contribution in [0.2, 0.25) is 0 Å². The zero-order chi connectivity index (χ0) is 14.7. The number of urea groups is 1. The minimum absolute atomic E-state index is 0.118. The number of imide groups is 2. The van der Waals surface area contributed by atoms with Gasteiger partial charge >= 0.3 is 6.03 Å². The average molecular weight is 266 g/mol. The van der Waals surface area contributed by atoms with Gasteiger partial charge in [-0.3, -0.25) is 19.8 Å². The molecule has 0 aromatic rings. The molecule has 19 heavy (non-hydrogen) atoms. The maximum absolute atomic E-state index is 12.5. The van der Waals surface area contributed by atoms with Gasteiger partial charge in [0.2, 0.25) is 11.8 Å². The summed E-state index contributed by atoms with van der Waals surface area (Å²) in [6, 6.07) is -0.725. The molecule has 1 unspecified atom stereocenters. The lowest BCUT2D eigenvalue weighted by Gasteiger charge is -2.33. The molecule has 0 spiro atoms. The van der Waals surface area contributed by atoms with Gasteiger partial charge < -0.3 is 0 Å². The second-order valence-electron chi connectivity index (χ2n) is 7.07. The number of carbonyl (C=O) groups excluding carboxylic acids is 3. The molecule has 2 rings (SSSR count). The molecule has 5 heteroatoms. The molecule has 1 N–H and O–H groups in total. The third-order valence-electron chi connectivity index (χ3n) is 5.10. The predicted molar refractivity (Wildman–Crippen MR) is 70.1 cm³/mol. The van der Waals surface area contributed by atoms with Crippen LogP contribution in [0.5, 0.6) is 0 Å². The van der Waals surface area contributed by atoms with E-state index in [1.165, 1.54) is 4.90 Å². The molecule has 0 bridgehead atoms. The highest BCUT2D eigenvalue weighted by Gasteiger charge is 2.70. The van der Waals surface area contributed by atoms with Crippen LogP contribution in [-0.2, 0) is 9.59 Å². The third kappa shape index (κ3) is 1.70. The molecule has 5 nitrogen and oxygen atoms in total. The van der Waals surface area contributed by atoms with E-state index in [4.69, 9.17) is 0 Å². The van der Waals surface area contributed by atoms with Crippen molar-refractivity contribution in [3.05, 3.63) is 0 Å². The highest BCUT2D eigenvalue weighted by Crippen LogP contribution is 2.65. The number of carbonyl (C=O) groups is 3. The maximum atomic E-state index is 12.5. The van der Waals surface area contributed by atoms with Gasteiger partial charge in [0.1, 0.15) is 5.92 Å². The van der Waals surface area contributed by atoms with Crippen LogP contribution in [-0.4, -0.2) is 28.8 Å². The first-order valence-electron chi connectivity index (χ1n) is 6.71. The second-order valence-corrected chi connectivity index (χ2v) is 7.07. The molecular formula is C14H22N2O3. The largest absolute Gasteiger partial charge is 0.331 e. The number of nitrogens with zero attached hydrogens (tertiary/aromatic N) is 1. The number of rotatable bonds is 2. The minimum Gasteiger partial charge on any atom is -0.277 e. The fourth-order valence-corrected chi connectivity index (χ4v) is 3.24. The Balaban J connectivity index is 2.34. The zero-order valence-corrected chi connectivity index (χ0v) is 12.4. The Hall–Kier alpha value is -1.39. The summed E-state index contributed by atoms with van der Waals surface area (Å²) in [5.41, 5.74) is -0.246. The van der Waals surface area contributed by atoms with Gasteiger partial charge in [0.05, 0.1) is 6.04 Å². The summed E-state index contributed by atoms with van der Waals surface area (Å²) in [5, 5.41) is 2.32. The van der Waals surface area contributed by atoms with E-state index >= 15 is 0 Å². The van der Waals surface area contributed by atoms with Gasteiger partial charge in [-0.2, -0.15) is 0 Å². The standard InChI is InChI=1S/C14H22N2O3/c1-7(2)8-9(17)15-12(19)16(10(8)18)11-13(3,4)14(11,5)6/h7-8,11H,1-6H3,(H,15,17,19). The second kappa shape index (κ2) is 3.81. The summed E-state index contributed by atoms with van der Waals surface area (Å²) >= 11 is 0. The summed E-state index contributed by atoms with van der Waals surface area (Å²) in [6.07, 6.45) is 0. The van der Waals surface area contributed by atoms with Crippen LogP contribution in [0, 0.1) is 22.7 Å². The lowest BCUT2D eigenvalue weighted by molar-refractivity contribution is -0.145. The molecule has 0 radical (unpaired) electrons. The van der Waals surface area contributed by atoms with Crippen molar-refractivity contribution in [3.8, 4) is 0 Å². The summed E-state index contributed by atoms with van der Waals surface area (Å²) in [6.45, 7) is 11.8. The van der Waals surface area contributed by atoms with Gasteiger partial charge in [0.15, 0.2) is 0 Å². The highest BCUT2D eigenvalue weighted by molar-refractivity contribution is 6.16. The minimum atomic E-state index is -0.759. The van der Waals surface area contributed by atoms with Crippen LogP contribution in [0.4, 0.5) is 4.79 Å². The summed E-state index contributed by atoms with van der Waals surface area (Å²) < 4.78 is 0. The molecule has 2 aliphatic rings. The first-order valence-corrected chi connectivity index (χ1v) is 6.71. The monoisotopic (exact) mass is 266 g/mol. The first kappa shape index (κ1) is 14.0. The lowest BCUT2D eigenvalue weighted by atomic mass is 9.91. The number of barbiturate groups is 1. The van der Waals surface area contributed by atoms with Crippen molar-refractivity contribution in [2.75, 3.05) is 0 Å². The van der Waals surface area contributed by atoms with E-state index in [1.807, 2.05) is 41.5 Å². The Bertz CT molecular complexity index is 451. The van der Waals surface area contributed by atoms with Gasteiger partial charge in [-0.25, -0.2) is 4.79 Å². The molecule has 1 atom stereocenters. The Morgan fingerprint density at radius 2 is 1.53 bits per heavy atom. The number of hydrogen-bond acceptors (Lipinski definition) is 3. The Morgan fingerprint density at radius 3 is 1.89 bits per heavy atom. The van der Waals surface area contributed by atoms with Gasteiger partial charge in [0, 0.05) is 0 Å². The lowest BCUT2D eigenvalue weighted by Crippen LogP contribution is -2.60. The average Bonchev–Trinajstić information content (AvgIpc) is 2.59. The van der Waals surface area contributed by atoms with E-state index < -0.39 is 17.9 Å². The summed E-state index contributed by atoms with van der Waals surface area (Å²) in [5.74, 6) is -1.71. The topological polar surface area (TPSA) is 66.5 Å². The van der Waals surface area contributed by atoms with E-state index in [1.54, 1.807) is 0 Å². The molecule has 1 heterocycles. The van der Waals surface area contributed by atoms with Crippen molar-refractivity contribution < 1.29 is 14.4 Å². The maximum Gasteiger partial charge on any atom is 0.331 e. The molecule has 1 saturated carbocycles. The fourth-order valence-electron chi connectivity index (χ4n) is 3.24. The van der Waals surface area contributed by atoms with Crippen LogP contribution >= 0.6 is 0 Å². The van der Waals surface area contributed by atoms with Gasteiger partial charge in [-0.15, -0.1) is 0 Å². The molecule has 106 valence electrons. The molecule has 0 aromatic carbocycles. The SMILES string of the molecule is CC(C)C1C(=O)NC(=O)N(C2C(C)(C)C2(C)C)C1=O. The molecule has 1 aliphatic heterocycles. The molecule has 4 amide bonds. The van der Waals surface area contributed by atoms with Gasteiger partial charge in [-0.05, 0) is 16.7 Å². The Kier molecular flexibility index (Phi) is 2.81. The Labute approximate surface area is 113 Å². The fraction of sp³-hybridized carbons (Fsp3) is 0.786. The van der Waals surface area contributed by atoms with Crippen LogP contribution in [0.1, 0.15) is 41.5 Å². The molecular weight excluding hydrogens is 244 g/mol. The zero-order valence-electron chi connectivity index (χ0n) is 12.4. The van der Waals surface area contributed by atoms with Crippen molar-refractivity contribution >= 4 is 17.8 Å². The predicted octanol–water partition coefficient (Wildman–Crippen LogP) is 1.77. The van der Waals surface area contributed by atoms with Gasteiger partial charge in [-0.1, -0.05) is 41.5 Å². The first-order chi connectivity index (χ1) is 8.53. The quantitative estimate of drug-likeness (QED) is 0.775. The molecule has 1 aliphatic carbocycles. The normalized spacial score (nSPS) is 29.7. The molecule has 0 aromatic heterocycles. The third-order valence-corrected chi connectivity index (χ3v) is 5.10. The highest BCUT2D eigenvalue weighted by atomic mass is 16.2. The van der Waals surface area contributed by atoms with E-state index in [2.05, 4.69) is 5.32 Å². The van der Waals surface area contributed by atoms with Gasteiger partial charge in [0.25, 0.3) is 0 Å². The van der Waals surface area contributed by atoms with Crippen molar-refractivity contribution in [1.82, 2.24) is 10.2 Å². The van der Waals surface area contributed by atoms with E-state index in [0.29, 0.717) is 0 Å². The van der Waals surface area contributed by atoms with Crippen LogP contribution in [0.15, 0.2) is 0 Å². The van der Waals surface area contributed by atoms with Crippen LogP contribution < -0.4 is 5.32 Å². The van der Waals surface area contributed by atoms with Crippen LogP contribution in [0.3, 0.4) is 0 Å². The van der Waals surface area contributed by atoms with Crippen molar-refractivity contribution in [2.45, 2.75) is 47.6 Å².